The first-order chi connectivity index (χ1) is 15.4. The van der Waals surface area contributed by atoms with Gasteiger partial charge in [0.2, 0.25) is 5.91 Å². The van der Waals surface area contributed by atoms with Crippen LogP contribution in [0.15, 0.2) is 67.0 Å². The number of aromatic nitrogens is 2. The molecule has 0 aliphatic carbocycles. The van der Waals surface area contributed by atoms with Gasteiger partial charge >= 0.3 is 0 Å². The van der Waals surface area contributed by atoms with E-state index in [1.165, 1.54) is 13.2 Å². The molecule has 0 unspecified atom stereocenters. The first-order valence-corrected chi connectivity index (χ1v) is 10.0. The van der Waals surface area contributed by atoms with Crippen molar-refractivity contribution in [3.8, 4) is 11.5 Å². The minimum atomic E-state index is -0.574. The SMILES string of the molecule is COc1cc(/C=C/C(=O)N(C)Cc2cnn(Cc3ccccc3)c2)ccc1OCC(N)=O. The normalized spacial score (nSPS) is 10.8. The van der Waals surface area contributed by atoms with Crippen LogP contribution >= 0.6 is 0 Å². The molecule has 2 N–H and O–H groups in total. The molecule has 1 aromatic heterocycles. The van der Waals surface area contributed by atoms with Crippen LogP contribution in [0.25, 0.3) is 6.08 Å². The lowest BCUT2D eigenvalue weighted by Crippen LogP contribution is -2.23. The van der Waals surface area contributed by atoms with Crippen LogP contribution in [0.3, 0.4) is 0 Å². The van der Waals surface area contributed by atoms with Crippen molar-refractivity contribution in [2.45, 2.75) is 13.1 Å². The Morgan fingerprint density at radius 2 is 1.91 bits per heavy atom. The highest BCUT2D eigenvalue weighted by atomic mass is 16.5. The molecule has 2 aromatic carbocycles. The van der Waals surface area contributed by atoms with Crippen molar-refractivity contribution in [3.05, 3.63) is 83.7 Å². The van der Waals surface area contributed by atoms with Gasteiger partial charge in [-0.3, -0.25) is 14.3 Å². The highest BCUT2D eigenvalue weighted by Crippen LogP contribution is 2.28. The zero-order valence-electron chi connectivity index (χ0n) is 18.1. The molecule has 0 aliphatic heterocycles. The minimum Gasteiger partial charge on any atom is -0.493 e. The van der Waals surface area contributed by atoms with Crippen LogP contribution in [0.4, 0.5) is 0 Å². The van der Waals surface area contributed by atoms with Crippen LogP contribution < -0.4 is 15.2 Å². The molecule has 0 spiro atoms. The van der Waals surface area contributed by atoms with Gasteiger partial charge in [0.15, 0.2) is 18.1 Å². The third kappa shape index (κ3) is 6.46. The summed E-state index contributed by atoms with van der Waals surface area (Å²) in [5.41, 5.74) is 7.96. The van der Waals surface area contributed by atoms with Crippen molar-refractivity contribution < 1.29 is 19.1 Å². The van der Waals surface area contributed by atoms with Crippen molar-refractivity contribution in [1.82, 2.24) is 14.7 Å². The molecule has 0 aliphatic rings. The number of carbonyl (C=O) groups excluding carboxylic acids is 2. The molecule has 0 saturated heterocycles. The van der Waals surface area contributed by atoms with Crippen molar-refractivity contribution >= 4 is 17.9 Å². The van der Waals surface area contributed by atoms with Crippen LogP contribution in [0.5, 0.6) is 11.5 Å². The molecule has 8 heteroatoms. The van der Waals surface area contributed by atoms with Gasteiger partial charge in [-0.2, -0.15) is 5.10 Å². The number of primary amides is 1. The smallest absolute Gasteiger partial charge is 0.255 e. The predicted octanol–water partition coefficient (Wildman–Crippen LogP) is 2.48. The van der Waals surface area contributed by atoms with Crippen LogP contribution in [0, 0.1) is 0 Å². The molecule has 32 heavy (non-hydrogen) atoms. The summed E-state index contributed by atoms with van der Waals surface area (Å²) < 4.78 is 12.4. The molecule has 3 rings (SSSR count). The third-order valence-electron chi connectivity index (χ3n) is 4.65. The van der Waals surface area contributed by atoms with Crippen molar-refractivity contribution in [2.24, 2.45) is 5.73 Å². The summed E-state index contributed by atoms with van der Waals surface area (Å²) in [6, 6.07) is 15.2. The molecule has 2 amide bonds. The molecule has 1 heterocycles. The van der Waals surface area contributed by atoms with E-state index in [0.29, 0.717) is 24.6 Å². The number of amides is 2. The second kappa shape index (κ2) is 10.8. The second-order valence-corrected chi connectivity index (χ2v) is 7.22. The van der Waals surface area contributed by atoms with E-state index in [1.54, 1.807) is 42.4 Å². The molecule has 0 radical (unpaired) electrons. The Balaban J connectivity index is 1.57. The maximum absolute atomic E-state index is 12.5. The fourth-order valence-corrected chi connectivity index (χ4v) is 3.05. The average molecular weight is 434 g/mol. The van der Waals surface area contributed by atoms with Crippen molar-refractivity contribution in [1.29, 1.82) is 0 Å². The topological polar surface area (TPSA) is 99.7 Å². The van der Waals surface area contributed by atoms with Gasteiger partial charge in [0.25, 0.3) is 5.91 Å². The zero-order valence-corrected chi connectivity index (χ0v) is 18.1. The van der Waals surface area contributed by atoms with Gasteiger partial charge in [0.05, 0.1) is 19.9 Å². The molecule has 0 atom stereocenters. The number of ether oxygens (including phenoxy) is 2. The molecular formula is C24H26N4O4. The number of hydrogen-bond donors (Lipinski definition) is 1. The Kier molecular flexibility index (Phi) is 7.64. The predicted molar refractivity (Wildman–Crippen MR) is 121 cm³/mol. The quantitative estimate of drug-likeness (QED) is 0.494. The molecule has 3 aromatic rings. The minimum absolute atomic E-state index is 0.145. The van der Waals surface area contributed by atoms with Gasteiger partial charge in [-0.15, -0.1) is 0 Å². The van der Waals surface area contributed by atoms with E-state index in [0.717, 1.165) is 16.7 Å². The Hall–Kier alpha value is -4.07. The fourth-order valence-electron chi connectivity index (χ4n) is 3.05. The number of nitrogens with two attached hydrogens (primary N) is 1. The van der Waals surface area contributed by atoms with Crippen molar-refractivity contribution in [3.63, 3.8) is 0 Å². The molecule has 0 bridgehead atoms. The number of carbonyl (C=O) groups is 2. The summed E-state index contributed by atoms with van der Waals surface area (Å²) in [4.78, 5) is 25.0. The molecular weight excluding hydrogens is 408 g/mol. The van der Waals surface area contributed by atoms with E-state index in [9.17, 15) is 9.59 Å². The third-order valence-corrected chi connectivity index (χ3v) is 4.65. The number of nitrogens with zero attached hydrogens (tertiary/aromatic N) is 3. The van der Waals surface area contributed by atoms with Gasteiger partial charge in [0.1, 0.15) is 0 Å². The van der Waals surface area contributed by atoms with E-state index in [2.05, 4.69) is 5.10 Å². The lowest BCUT2D eigenvalue weighted by molar-refractivity contribution is -0.125. The first-order valence-electron chi connectivity index (χ1n) is 10.0. The first kappa shape index (κ1) is 22.6. The summed E-state index contributed by atoms with van der Waals surface area (Å²) in [6.45, 7) is 0.886. The molecule has 0 saturated carbocycles. The number of benzene rings is 2. The summed E-state index contributed by atoms with van der Waals surface area (Å²) in [7, 11) is 3.24. The van der Waals surface area contributed by atoms with Crippen molar-refractivity contribution in [2.75, 3.05) is 20.8 Å². The Labute approximate surface area is 186 Å². The number of likely N-dealkylation sites (N-methyl/N-ethyl adjacent to an activating group) is 1. The lowest BCUT2D eigenvalue weighted by Gasteiger charge is -2.14. The van der Waals surface area contributed by atoms with Gasteiger partial charge in [0, 0.05) is 31.4 Å². The fraction of sp³-hybridized carbons (Fsp3) is 0.208. The van der Waals surface area contributed by atoms with Gasteiger partial charge in [-0.25, -0.2) is 0 Å². The standard InChI is InChI=1S/C24H26N4O4/c1-27(14-20-13-26-28(16-20)15-19-6-4-3-5-7-19)24(30)11-9-18-8-10-21(22(12-18)31-2)32-17-23(25)29/h3-13,16H,14-15,17H2,1-2H3,(H2,25,29)/b11-9+. The second-order valence-electron chi connectivity index (χ2n) is 7.22. The number of methoxy groups -OCH3 is 1. The summed E-state index contributed by atoms with van der Waals surface area (Å²) in [5, 5.41) is 4.38. The van der Waals surface area contributed by atoms with Gasteiger partial charge in [-0.05, 0) is 29.3 Å². The van der Waals surface area contributed by atoms with E-state index < -0.39 is 5.91 Å². The highest BCUT2D eigenvalue weighted by Gasteiger charge is 2.09. The zero-order chi connectivity index (χ0) is 22.9. The maximum atomic E-state index is 12.5. The summed E-state index contributed by atoms with van der Waals surface area (Å²) in [6.07, 6.45) is 6.90. The van der Waals surface area contributed by atoms with E-state index in [1.807, 2.05) is 41.2 Å². The molecule has 8 nitrogen and oxygen atoms in total. The largest absolute Gasteiger partial charge is 0.493 e. The van der Waals surface area contributed by atoms with Gasteiger partial charge < -0.3 is 20.1 Å². The average Bonchev–Trinajstić information content (AvgIpc) is 3.23. The van der Waals surface area contributed by atoms with Crippen LogP contribution in [-0.2, 0) is 22.7 Å². The maximum Gasteiger partial charge on any atom is 0.255 e. The summed E-state index contributed by atoms with van der Waals surface area (Å²) in [5.74, 6) is 0.128. The Bertz CT molecular complexity index is 1090. The number of rotatable bonds is 10. The van der Waals surface area contributed by atoms with Crippen LogP contribution in [0.2, 0.25) is 0 Å². The Morgan fingerprint density at radius 1 is 1.12 bits per heavy atom. The van der Waals surface area contributed by atoms with Crippen LogP contribution in [0.1, 0.15) is 16.7 Å². The monoisotopic (exact) mass is 434 g/mol. The Morgan fingerprint density at radius 3 is 2.62 bits per heavy atom. The van der Waals surface area contributed by atoms with E-state index in [-0.39, 0.29) is 12.5 Å². The van der Waals surface area contributed by atoms with E-state index >= 15 is 0 Å². The molecule has 166 valence electrons. The van der Waals surface area contributed by atoms with Crippen LogP contribution in [-0.4, -0.2) is 47.3 Å². The highest BCUT2D eigenvalue weighted by molar-refractivity contribution is 5.91. The molecule has 0 fully saturated rings. The number of hydrogen-bond acceptors (Lipinski definition) is 5. The summed E-state index contributed by atoms with van der Waals surface area (Å²) >= 11 is 0. The van der Waals surface area contributed by atoms with Gasteiger partial charge in [-0.1, -0.05) is 36.4 Å². The van der Waals surface area contributed by atoms with E-state index in [4.69, 9.17) is 15.2 Å². The lowest BCUT2D eigenvalue weighted by atomic mass is 10.2.